The molecular formula is C21H25NO5. The minimum atomic E-state index is -0.835. The second-order valence-electron chi connectivity index (χ2n) is 7.18. The minimum absolute atomic E-state index is 0.0235. The van der Waals surface area contributed by atoms with Crippen molar-refractivity contribution in [1.82, 2.24) is 4.57 Å². The third kappa shape index (κ3) is 3.99. The smallest absolute Gasteiger partial charge is 0.303 e. The molecule has 0 radical (unpaired) electrons. The molecule has 6 nitrogen and oxygen atoms in total. The maximum atomic E-state index is 12.0. The molecule has 0 fully saturated rings. The van der Waals surface area contributed by atoms with Gasteiger partial charge in [-0.05, 0) is 36.5 Å². The first-order valence-corrected chi connectivity index (χ1v) is 9.18. The first kappa shape index (κ1) is 19.0. The van der Waals surface area contributed by atoms with E-state index >= 15 is 0 Å². The van der Waals surface area contributed by atoms with Gasteiger partial charge in [-0.25, -0.2) is 0 Å². The van der Waals surface area contributed by atoms with Crippen molar-refractivity contribution in [3.05, 3.63) is 46.2 Å². The van der Waals surface area contributed by atoms with Gasteiger partial charge in [0, 0.05) is 36.4 Å². The summed E-state index contributed by atoms with van der Waals surface area (Å²) < 4.78 is 13.4. The molecule has 2 heterocycles. The highest BCUT2D eigenvalue weighted by Crippen LogP contribution is 2.42. The molecule has 0 unspecified atom stereocenters. The van der Waals surface area contributed by atoms with Gasteiger partial charge in [-0.1, -0.05) is 13.8 Å². The van der Waals surface area contributed by atoms with Gasteiger partial charge in [-0.15, -0.1) is 0 Å². The van der Waals surface area contributed by atoms with E-state index in [1.807, 2.05) is 18.3 Å². The van der Waals surface area contributed by atoms with Gasteiger partial charge in [-0.2, -0.15) is 0 Å². The molecule has 1 aromatic heterocycles. The Morgan fingerprint density at radius 1 is 1.30 bits per heavy atom. The summed E-state index contributed by atoms with van der Waals surface area (Å²) in [5, 5.41) is 8.76. The van der Waals surface area contributed by atoms with E-state index in [9.17, 15) is 9.59 Å². The monoisotopic (exact) mass is 371 g/mol. The van der Waals surface area contributed by atoms with E-state index in [-0.39, 0.29) is 17.9 Å². The van der Waals surface area contributed by atoms with Crippen molar-refractivity contribution < 1.29 is 19.4 Å². The van der Waals surface area contributed by atoms with Crippen LogP contribution in [0.25, 0.3) is 11.3 Å². The summed E-state index contributed by atoms with van der Waals surface area (Å²) in [5.74, 6) is 0.755. The maximum Gasteiger partial charge on any atom is 0.303 e. The van der Waals surface area contributed by atoms with Gasteiger partial charge in [0.25, 0.3) is 0 Å². The third-order valence-electron chi connectivity index (χ3n) is 4.97. The Labute approximate surface area is 158 Å². The van der Waals surface area contributed by atoms with Gasteiger partial charge < -0.3 is 19.1 Å². The second-order valence-corrected chi connectivity index (χ2v) is 7.18. The first-order chi connectivity index (χ1) is 12.9. The van der Waals surface area contributed by atoms with Crippen LogP contribution in [0.1, 0.15) is 38.3 Å². The van der Waals surface area contributed by atoms with Crippen molar-refractivity contribution in [2.24, 2.45) is 5.92 Å². The molecular weight excluding hydrogens is 346 g/mol. The average molecular weight is 371 g/mol. The number of rotatable bonds is 7. The third-order valence-corrected chi connectivity index (χ3v) is 4.97. The van der Waals surface area contributed by atoms with Crippen LogP contribution >= 0.6 is 0 Å². The molecule has 27 heavy (non-hydrogen) atoms. The van der Waals surface area contributed by atoms with Gasteiger partial charge in [0.2, 0.25) is 0 Å². The number of hydrogen-bond donors (Lipinski definition) is 1. The maximum absolute atomic E-state index is 12.0. The number of carbonyl (C=O) groups is 1. The van der Waals surface area contributed by atoms with Gasteiger partial charge in [0.05, 0.1) is 19.4 Å². The van der Waals surface area contributed by atoms with E-state index < -0.39 is 5.97 Å². The lowest BCUT2D eigenvalue weighted by Crippen LogP contribution is -2.25. The fourth-order valence-corrected chi connectivity index (χ4v) is 3.57. The summed E-state index contributed by atoms with van der Waals surface area (Å²) in [7, 11) is 1.57. The van der Waals surface area contributed by atoms with Gasteiger partial charge in [0.1, 0.15) is 0 Å². The predicted molar refractivity (Wildman–Crippen MR) is 103 cm³/mol. The van der Waals surface area contributed by atoms with Crippen molar-refractivity contribution in [2.45, 2.75) is 39.2 Å². The Balaban J connectivity index is 1.99. The van der Waals surface area contributed by atoms with Crippen LogP contribution < -0.4 is 14.9 Å². The molecule has 0 spiro atoms. The zero-order valence-corrected chi connectivity index (χ0v) is 15.9. The Morgan fingerprint density at radius 3 is 2.74 bits per heavy atom. The van der Waals surface area contributed by atoms with Gasteiger partial charge in [0.15, 0.2) is 16.9 Å². The quantitative estimate of drug-likeness (QED) is 0.754. The van der Waals surface area contributed by atoms with E-state index in [1.165, 1.54) is 0 Å². The van der Waals surface area contributed by atoms with E-state index in [2.05, 4.69) is 18.4 Å². The first-order valence-electron chi connectivity index (χ1n) is 9.18. The lowest BCUT2D eigenvalue weighted by Gasteiger charge is -2.33. The molecule has 0 saturated carbocycles. The zero-order valence-electron chi connectivity index (χ0n) is 15.9. The molecule has 144 valence electrons. The van der Waals surface area contributed by atoms with Crippen molar-refractivity contribution in [1.29, 1.82) is 0 Å². The summed E-state index contributed by atoms with van der Waals surface area (Å²) in [6, 6.07) is 7.39. The molecule has 1 aliphatic heterocycles. The summed E-state index contributed by atoms with van der Waals surface area (Å²) in [6.07, 6.45) is 3.20. The SMILES string of the molecule is COc1cc2c(cc1OCCCC(=O)O)C[C@@H](C(C)C)n1ccc(=O)cc1-2. The molecule has 3 rings (SSSR count). The van der Waals surface area contributed by atoms with Crippen molar-refractivity contribution in [2.75, 3.05) is 13.7 Å². The minimum Gasteiger partial charge on any atom is -0.493 e. The molecule has 0 aliphatic carbocycles. The Bertz CT molecular complexity index is 900. The highest BCUT2D eigenvalue weighted by atomic mass is 16.5. The summed E-state index contributed by atoms with van der Waals surface area (Å²) >= 11 is 0. The van der Waals surface area contributed by atoms with Crippen LogP contribution in [0.2, 0.25) is 0 Å². The summed E-state index contributed by atoms with van der Waals surface area (Å²) in [5.41, 5.74) is 2.94. The lowest BCUT2D eigenvalue weighted by atomic mass is 9.87. The zero-order chi connectivity index (χ0) is 19.6. The number of ether oxygens (including phenoxy) is 2. The van der Waals surface area contributed by atoms with Gasteiger partial charge in [-0.3, -0.25) is 9.59 Å². The van der Waals surface area contributed by atoms with E-state index in [0.717, 1.165) is 23.2 Å². The number of benzene rings is 1. The molecule has 1 aliphatic rings. The molecule has 1 aromatic carbocycles. The number of carboxylic acid groups (broad SMARTS) is 1. The second kappa shape index (κ2) is 7.86. The Hall–Kier alpha value is -2.76. The van der Waals surface area contributed by atoms with E-state index in [4.69, 9.17) is 14.6 Å². The average Bonchev–Trinajstić information content (AvgIpc) is 2.63. The largest absolute Gasteiger partial charge is 0.493 e. The molecule has 0 amide bonds. The molecule has 0 bridgehead atoms. The highest BCUT2D eigenvalue weighted by molar-refractivity contribution is 5.70. The lowest BCUT2D eigenvalue weighted by molar-refractivity contribution is -0.137. The predicted octanol–water partition coefficient (Wildman–Crippen LogP) is 3.52. The number of aliphatic carboxylic acids is 1. The molecule has 0 saturated heterocycles. The number of aromatic nitrogens is 1. The van der Waals surface area contributed by atoms with Crippen molar-refractivity contribution >= 4 is 5.97 Å². The van der Waals surface area contributed by atoms with Crippen LogP contribution in [-0.4, -0.2) is 29.4 Å². The molecule has 6 heteroatoms. The van der Waals surface area contributed by atoms with E-state index in [0.29, 0.717) is 30.4 Å². The summed E-state index contributed by atoms with van der Waals surface area (Å²) in [4.78, 5) is 22.6. The van der Waals surface area contributed by atoms with Gasteiger partial charge >= 0.3 is 5.97 Å². The number of hydrogen-bond acceptors (Lipinski definition) is 4. The number of methoxy groups -OCH3 is 1. The van der Waals surface area contributed by atoms with E-state index in [1.54, 1.807) is 19.2 Å². The van der Waals surface area contributed by atoms with Crippen molar-refractivity contribution in [3.8, 4) is 22.8 Å². The van der Waals surface area contributed by atoms with Crippen LogP contribution in [-0.2, 0) is 11.2 Å². The van der Waals surface area contributed by atoms with Crippen molar-refractivity contribution in [3.63, 3.8) is 0 Å². The van der Waals surface area contributed by atoms with Crippen LogP contribution in [0.3, 0.4) is 0 Å². The fourth-order valence-electron chi connectivity index (χ4n) is 3.57. The molecule has 2 aromatic rings. The standard InChI is InChI=1S/C21H25NO5/c1-13(2)17-9-14-10-20(27-8-4-5-21(24)25)19(26-3)12-16(14)18-11-15(23)6-7-22(17)18/h6-7,10-13,17H,4-5,8-9H2,1-3H3,(H,24,25)/t17-/m0/s1. The number of carboxylic acids is 1. The highest BCUT2D eigenvalue weighted by Gasteiger charge is 2.27. The normalized spacial score (nSPS) is 15.2. The number of pyridine rings is 1. The fraction of sp³-hybridized carbons (Fsp3) is 0.429. The Morgan fingerprint density at radius 2 is 2.07 bits per heavy atom. The summed E-state index contributed by atoms with van der Waals surface area (Å²) in [6.45, 7) is 4.65. The van der Waals surface area contributed by atoms with Crippen LogP contribution in [0.5, 0.6) is 11.5 Å². The number of nitrogens with zero attached hydrogens (tertiary/aromatic N) is 1. The van der Waals surface area contributed by atoms with Crippen LogP contribution in [0.15, 0.2) is 35.3 Å². The molecule has 1 atom stereocenters. The number of fused-ring (bicyclic) bond motifs is 3. The Kier molecular flexibility index (Phi) is 5.54. The van der Waals surface area contributed by atoms with Crippen LogP contribution in [0.4, 0.5) is 0 Å². The molecule has 1 N–H and O–H groups in total. The topological polar surface area (TPSA) is 77.8 Å². The van der Waals surface area contributed by atoms with Crippen LogP contribution in [0, 0.1) is 5.92 Å².